The van der Waals surface area contributed by atoms with Crippen LogP contribution in [0.5, 0.6) is 0 Å². The molecular weight excluding hydrogens is 211 g/mol. The van der Waals surface area contributed by atoms with Crippen LogP contribution in [0.2, 0.25) is 0 Å². The third-order valence-electron chi connectivity index (χ3n) is 1.67. The standard InChI is InChI=1S/C9H6F3NO2/c10-9(11,12)7-4-2-1-3-6(7)8(15)13-5-14/h1-5H,(H,13,14,15). The molecule has 80 valence electrons. The van der Waals surface area contributed by atoms with Crippen molar-refractivity contribution >= 4 is 12.3 Å². The average Bonchev–Trinajstić information content (AvgIpc) is 2.17. The van der Waals surface area contributed by atoms with Crippen LogP contribution < -0.4 is 5.32 Å². The lowest BCUT2D eigenvalue weighted by Gasteiger charge is -2.10. The van der Waals surface area contributed by atoms with E-state index in [0.717, 1.165) is 12.1 Å². The van der Waals surface area contributed by atoms with Gasteiger partial charge in [-0.1, -0.05) is 12.1 Å². The molecule has 0 spiro atoms. The Morgan fingerprint density at radius 1 is 1.27 bits per heavy atom. The summed E-state index contributed by atoms with van der Waals surface area (Å²) in [6, 6.07) is 4.23. The fraction of sp³-hybridized carbons (Fsp3) is 0.111. The predicted molar refractivity (Wildman–Crippen MR) is 45.0 cm³/mol. The number of amides is 2. The Morgan fingerprint density at radius 3 is 2.40 bits per heavy atom. The molecule has 0 aliphatic carbocycles. The number of hydrogen-bond acceptors (Lipinski definition) is 2. The van der Waals surface area contributed by atoms with Gasteiger partial charge in [0.05, 0.1) is 11.1 Å². The summed E-state index contributed by atoms with van der Waals surface area (Å²) >= 11 is 0. The Kier molecular flexibility index (Phi) is 3.08. The molecule has 2 amide bonds. The molecule has 0 heterocycles. The molecule has 1 N–H and O–H groups in total. The van der Waals surface area contributed by atoms with Crippen molar-refractivity contribution in [1.29, 1.82) is 0 Å². The molecule has 0 aliphatic heterocycles. The molecule has 0 unspecified atom stereocenters. The lowest BCUT2D eigenvalue weighted by molar-refractivity contribution is -0.138. The van der Waals surface area contributed by atoms with E-state index in [1.54, 1.807) is 5.32 Å². The second-order valence-electron chi connectivity index (χ2n) is 2.63. The summed E-state index contributed by atoms with van der Waals surface area (Å²) in [5.74, 6) is -1.07. The lowest BCUT2D eigenvalue weighted by Crippen LogP contribution is -2.24. The summed E-state index contributed by atoms with van der Waals surface area (Å²) < 4.78 is 37.1. The van der Waals surface area contributed by atoms with Gasteiger partial charge in [-0.05, 0) is 12.1 Å². The van der Waals surface area contributed by atoms with E-state index in [1.807, 2.05) is 0 Å². The minimum absolute atomic E-state index is 0.0372. The first kappa shape index (κ1) is 11.2. The van der Waals surface area contributed by atoms with Crippen molar-refractivity contribution in [3.8, 4) is 0 Å². The normalized spacial score (nSPS) is 10.9. The molecule has 3 nitrogen and oxygen atoms in total. The second kappa shape index (κ2) is 4.12. The van der Waals surface area contributed by atoms with Gasteiger partial charge in [0.1, 0.15) is 0 Å². The number of nitrogens with one attached hydrogen (secondary N) is 1. The zero-order chi connectivity index (χ0) is 11.5. The molecule has 1 aromatic rings. The molecule has 6 heteroatoms. The highest BCUT2D eigenvalue weighted by atomic mass is 19.4. The molecule has 0 aromatic heterocycles. The summed E-state index contributed by atoms with van der Waals surface area (Å²) in [7, 11) is 0. The van der Waals surface area contributed by atoms with Crippen molar-refractivity contribution in [1.82, 2.24) is 5.32 Å². The van der Waals surface area contributed by atoms with Crippen molar-refractivity contribution in [3.63, 3.8) is 0 Å². The molecule has 1 aromatic carbocycles. The van der Waals surface area contributed by atoms with E-state index < -0.39 is 23.2 Å². The zero-order valence-electron chi connectivity index (χ0n) is 7.34. The number of carbonyl (C=O) groups excluding carboxylic acids is 2. The Balaban J connectivity index is 3.18. The highest BCUT2D eigenvalue weighted by Crippen LogP contribution is 2.31. The number of alkyl halides is 3. The van der Waals surface area contributed by atoms with Crippen molar-refractivity contribution in [3.05, 3.63) is 35.4 Å². The SMILES string of the molecule is O=CNC(=O)c1ccccc1C(F)(F)F. The van der Waals surface area contributed by atoms with E-state index in [0.29, 0.717) is 0 Å². The number of rotatable bonds is 2. The molecule has 0 bridgehead atoms. The Bertz CT molecular complexity index is 387. The van der Waals surface area contributed by atoms with Crippen molar-refractivity contribution < 1.29 is 22.8 Å². The summed E-state index contributed by atoms with van der Waals surface area (Å²) in [4.78, 5) is 21.0. The maximum absolute atomic E-state index is 12.4. The molecule has 0 saturated heterocycles. The van der Waals surface area contributed by atoms with Gasteiger partial charge in [-0.15, -0.1) is 0 Å². The van der Waals surface area contributed by atoms with E-state index in [9.17, 15) is 22.8 Å². The van der Waals surface area contributed by atoms with Crippen molar-refractivity contribution in [2.45, 2.75) is 6.18 Å². The fourth-order valence-corrected chi connectivity index (χ4v) is 1.06. The van der Waals surface area contributed by atoms with Crippen LogP contribution in [0.3, 0.4) is 0 Å². The Labute approximate surface area is 82.9 Å². The van der Waals surface area contributed by atoms with Crippen LogP contribution in [0, 0.1) is 0 Å². The van der Waals surface area contributed by atoms with Crippen LogP contribution in [-0.4, -0.2) is 12.3 Å². The van der Waals surface area contributed by atoms with Crippen LogP contribution in [0.1, 0.15) is 15.9 Å². The minimum atomic E-state index is -4.61. The number of halogens is 3. The summed E-state index contributed by atoms with van der Waals surface area (Å²) in [5, 5.41) is 1.65. The van der Waals surface area contributed by atoms with Crippen LogP contribution >= 0.6 is 0 Å². The molecule has 0 atom stereocenters. The van der Waals surface area contributed by atoms with Crippen LogP contribution in [0.25, 0.3) is 0 Å². The second-order valence-corrected chi connectivity index (χ2v) is 2.63. The zero-order valence-corrected chi connectivity index (χ0v) is 7.34. The van der Waals surface area contributed by atoms with Crippen LogP contribution in [0.4, 0.5) is 13.2 Å². The molecule has 0 fully saturated rings. The highest BCUT2D eigenvalue weighted by Gasteiger charge is 2.34. The van der Waals surface area contributed by atoms with Gasteiger partial charge in [0, 0.05) is 0 Å². The third kappa shape index (κ3) is 2.55. The van der Waals surface area contributed by atoms with Gasteiger partial charge >= 0.3 is 6.18 Å². The summed E-state index contributed by atoms with van der Waals surface area (Å²) in [5.41, 5.74) is -1.64. The van der Waals surface area contributed by atoms with E-state index >= 15 is 0 Å². The molecule has 15 heavy (non-hydrogen) atoms. The quantitative estimate of drug-likeness (QED) is 0.764. The monoisotopic (exact) mass is 217 g/mol. The molecule has 0 radical (unpaired) electrons. The number of imide groups is 1. The fourth-order valence-electron chi connectivity index (χ4n) is 1.06. The van der Waals surface area contributed by atoms with Crippen LogP contribution in [-0.2, 0) is 11.0 Å². The maximum atomic E-state index is 12.4. The Hall–Kier alpha value is -1.85. The summed E-state index contributed by atoms with van der Waals surface area (Å²) in [6.45, 7) is 0. The van der Waals surface area contributed by atoms with E-state index in [4.69, 9.17) is 0 Å². The van der Waals surface area contributed by atoms with E-state index in [-0.39, 0.29) is 6.41 Å². The maximum Gasteiger partial charge on any atom is 0.417 e. The van der Waals surface area contributed by atoms with Crippen molar-refractivity contribution in [2.24, 2.45) is 0 Å². The van der Waals surface area contributed by atoms with Gasteiger partial charge in [-0.2, -0.15) is 13.2 Å². The van der Waals surface area contributed by atoms with Crippen molar-refractivity contribution in [2.75, 3.05) is 0 Å². The number of benzene rings is 1. The first-order chi connectivity index (χ1) is 6.96. The highest BCUT2D eigenvalue weighted by molar-refractivity contribution is 6.01. The first-order valence-corrected chi connectivity index (χ1v) is 3.87. The average molecular weight is 217 g/mol. The molecule has 0 aliphatic rings. The van der Waals surface area contributed by atoms with Crippen LogP contribution in [0.15, 0.2) is 24.3 Å². The summed E-state index contributed by atoms with van der Waals surface area (Å²) in [6.07, 6.45) is -4.58. The smallest absolute Gasteiger partial charge is 0.295 e. The number of carbonyl (C=O) groups is 2. The van der Waals surface area contributed by atoms with E-state index in [1.165, 1.54) is 12.1 Å². The molecular formula is C9H6F3NO2. The van der Waals surface area contributed by atoms with Gasteiger partial charge < -0.3 is 0 Å². The first-order valence-electron chi connectivity index (χ1n) is 3.87. The largest absolute Gasteiger partial charge is 0.417 e. The topological polar surface area (TPSA) is 46.2 Å². The van der Waals surface area contributed by atoms with Gasteiger partial charge in [0.15, 0.2) is 0 Å². The predicted octanol–water partition coefficient (Wildman–Crippen LogP) is 1.59. The number of hydrogen-bond donors (Lipinski definition) is 1. The Morgan fingerprint density at radius 2 is 1.87 bits per heavy atom. The minimum Gasteiger partial charge on any atom is -0.295 e. The van der Waals surface area contributed by atoms with Gasteiger partial charge in [-0.25, -0.2) is 0 Å². The molecule has 1 rings (SSSR count). The van der Waals surface area contributed by atoms with E-state index in [2.05, 4.69) is 0 Å². The van der Waals surface area contributed by atoms with Gasteiger partial charge in [0.25, 0.3) is 5.91 Å². The van der Waals surface area contributed by atoms with Gasteiger partial charge in [0.2, 0.25) is 6.41 Å². The van der Waals surface area contributed by atoms with Gasteiger partial charge in [-0.3, -0.25) is 14.9 Å². The third-order valence-corrected chi connectivity index (χ3v) is 1.67. The lowest BCUT2D eigenvalue weighted by atomic mass is 10.1. The molecule has 0 saturated carbocycles.